The third-order valence-corrected chi connectivity index (χ3v) is 5.65. The Balaban J connectivity index is 1.48. The van der Waals surface area contributed by atoms with Crippen molar-refractivity contribution in [2.45, 2.75) is 24.9 Å². The van der Waals surface area contributed by atoms with Crippen molar-refractivity contribution in [3.05, 3.63) is 107 Å². The predicted molar refractivity (Wildman–Crippen MR) is 121 cm³/mol. The van der Waals surface area contributed by atoms with Gasteiger partial charge in [-0.3, -0.25) is 0 Å². The van der Waals surface area contributed by atoms with Crippen LogP contribution in [0.5, 0.6) is 5.75 Å². The second-order valence-corrected chi connectivity index (χ2v) is 7.64. The summed E-state index contributed by atoms with van der Waals surface area (Å²) < 4.78 is 16.1. The summed E-state index contributed by atoms with van der Waals surface area (Å²) in [5, 5.41) is 0. The quantitative estimate of drug-likeness (QED) is 0.270. The molecule has 2 unspecified atom stereocenters. The number of rotatable bonds is 8. The SMILES string of the molecule is COC=C(C(=O)OC)c1ccccc1COc1cccc(C2CC2c2ccccc2)c1. The van der Waals surface area contributed by atoms with Gasteiger partial charge in [0.05, 0.1) is 20.5 Å². The minimum Gasteiger partial charge on any atom is -0.503 e. The molecule has 0 radical (unpaired) electrons. The zero-order chi connectivity index (χ0) is 21.6. The molecule has 1 saturated carbocycles. The van der Waals surface area contributed by atoms with Crippen LogP contribution in [0.15, 0.2) is 85.1 Å². The van der Waals surface area contributed by atoms with Gasteiger partial charge in [0.15, 0.2) is 0 Å². The molecule has 4 heteroatoms. The van der Waals surface area contributed by atoms with E-state index in [0.717, 1.165) is 16.9 Å². The first kappa shape index (κ1) is 20.7. The number of hydrogen-bond acceptors (Lipinski definition) is 4. The third-order valence-electron chi connectivity index (χ3n) is 5.65. The Hall–Kier alpha value is -3.53. The highest BCUT2D eigenvalue weighted by molar-refractivity contribution is 6.16. The maximum atomic E-state index is 12.2. The number of ether oxygens (including phenoxy) is 3. The number of benzene rings is 3. The summed E-state index contributed by atoms with van der Waals surface area (Å²) in [5.41, 5.74) is 4.68. The van der Waals surface area contributed by atoms with E-state index >= 15 is 0 Å². The van der Waals surface area contributed by atoms with E-state index in [1.165, 1.54) is 38.0 Å². The highest BCUT2D eigenvalue weighted by Gasteiger charge is 2.39. The lowest BCUT2D eigenvalue weighted by atomic mass is 10.0. The Morgan fingerprint density at radius 2 is 1.61 bits per heavy atom. The molecule has 0 aliphatic heterocycles. The lowest BCUT2D eigenvalue weighted by Gasteiger charge is -2.13. The van der Waals surface area contributed by atoms with Crippen molar-refractivity contribution >= 4 is 11.5 Å². The largest absolute Gasteiger partial charge is 0.503 e. The summed E-state index contributed by atoms with van der Waals surface area (Å²) in [5.74, 6) is 1.49. The Morgan fingerprint density at radius 1 is 0.903 bits per heavy atom. The molecule has 0 amide bonds. The van der Waals surface area contributed by atoms with Gasteiger partial charge in [0.2, 0.25) is 0 Å². The van der Waals surface area contributed by atoms with Crippen molar-refractivity contribution in [3.63, 3.8) is 0 Å². The van der Waals surface area contributed by atoms with Gasteiger partial charge in [-0.05, 0) is 52.6 Å². The average Bonchev–Trinajstić information content (AvgIpc) is 3.63. The van der Waals surface area contributed by atoms with Crippen LogP contribution in [0.25, 0.3) is 5.57 Å². The number of esters is 1. The first-order valence-corrected chi connectivity index (χ1v) is 10.4. The molecule has 2 atom stereocenters. The maximum absolute atomic E-state index is 12.2. The molecule has 3 aromatic carbocycles. The van der Waals surface area contributed by atoms with Crippen LogP contribution < -0.4 is 4.74 Å². The van der Waals surface area contributed by atoms with Crippen LogP contribution in [0.3, 0.4) is 0 Å². The molecule has 3 aromatic rings. The molecule has 1 aliphatic rings. The first-order chi connectivity index (χ1) is 15.2. The van der Waals surface area contributed by atoms with E-state index in [2.05, 4.69) is 42.5 Å². The minimum absolute atomic E-state index is 0.338. The Kier molecular flexibility index (Phi) is 6.37. The molecule has 1 aliphatic carbocycles. The Labute approximate surface area is 183 Å². The van der Waals surface area contributed by atoms with Crippen LogP contribution in [-0.4, -0.2) is 20.2 Å². The number of methoxy groups -OCH3 is 2. The maximum Gasteiger partial charge on any atom is 0.341 e. The van der Waals surface area contributed by atoms with Crippen LogP contribution in [0.2, 0.25) is 0 Å². The number of hydrogen-bond donors (Lipinski definition) is 0. The van der Waals surface area contributed by atoms with Crippen LogP contribution >= 0.6 is 0 Å². The smallest absolute Gasteiger partial charge is 0.341 e. The van der Waals surface area contributed by atoms with Gasteiger partial charge in [-0.1, -0.05) is 66.7 Å². The van der Waals surface area contributed by atoms with Gasteiger partial charge < -0.3 is 14.2 Å². The van der Waals surface area contributed by atoms with Crippen molar-refractivity contribution in [1.82, 2.24) is 0 Å². The molecule has 0 aromatic heterocycles. The van der Waals surface area contributed by atoms with Crippen molar-refractivity contribution in [1.29, 1.82) is 0 Å². The summed E-state index contributed by atoms with van der Waals surface area (Å²) in [6.45, 7) is 0.338. The van der Waals surface area contributed by atoms with E-state index in [-0.39, 0.29) is 0 Å². The molecule has 0 heterocycles. The fraction of sp³-hybridized carbons (Fsp3) is 0.222. The van der Waals surface area contributed by atoms with Crippen LogP contribution in [0.4, 0.5) is 0 Å². The molecule has 158 valence electrons. The molecule has 0 N–H and O–H groups in total. The van der Waals surface area contributed by atoms with E-state index in [0.29, 0.717) is 24.0 Å². The standard InChI is InChI=1S/C27H26O4/c1-29-18-26(27(28)30-2)23-14-7-6-11-21(23)17-31-22-13-8-12-20(15-22)25-16-24(25)19-9-4-3-5-10-19/h3-15,18,24-25H,16-17H2,1-2H3. The fourth-order valence-electron chi connectivity index (χ4n) is 3.99. The fourth-order valence-corrected chi connectivity index (χ4v) is 3.99. The van der Waals surface area contributed by atoms with Crippen LogP contribution in [-0.2, 0) is 20.9 Å². The van der Waals surface area contributed by atoms with Crippen LogP contribution in [0, 0.1) is 0 Å². The monoisotopic (exact) mass is 414 g/mol. The van der Waals surface area contributed by atoms with Gasteiger partial charge in [0.25, 0.3) is 0 Å². The molecule has 4 nitrogen and oxygen atoms in total. The van der Waals surface area contributed by atoms with E-state index < -0.39 is 5.97 Å². The highest BCUT2D eigenvalue weighted by atomic mass is 16.5. The van der Waals surface area contributed by atoms with Crippen molar-refractivity contribution in [2.75, 3.05) is 14.2 Å². The van der Waals surface area contributed by atoms with Gasteiger partial charge in [-0.15, -0.1) is 0 Å². The van der Waals surface area contributed by atoms with E-state index in [4.69, 9.17) is 14.2 Å². The highest BCUT2D eigenvalue weighted by Crippen LogP contribution is 2.54. The summed E-state index contributed by atoms with van der Waals surface area (Å²) in [7, 11) is 2.87. The van der Waals surface area contributed by atoms with E-state index in [9.17, 15) is 4.79 Å². The van der Waals surface area contributed by atoms with Gasteiger partial charge in [-0.2, -0.15) is 0 Å². The third kappa shape index (κ3) is 4.80. The Morgan fingerprint density at radius 3 is 2.39 bits per heavy atom. The second kappa shape index (κ2) is 9.52. The van der Waals surface area contributed by atoms with E-state index in [1.807, 2.05) is 36.4 Å². The summed E-state index contributed by atoms with van der Waals surface area (Å²) in [6.07, 6.45) is 2.57. The molecule has 0 spiro atoms. The molecule has 0 saturated heterocycles. The molecular weight excluding hydrogens is 388 g/mol. The van der Waals surface area contributed by atoms with Gasteiger partial charge in [-0.25, -0.2) is 4.79 Å². The van der Waals surface area contributed by atoms with Crippen molar-refractivity contribution in [3.8, 4) is 5.75 Å². The van der Waals surface area contributed by atoms with E-state index in [1.54, 1.807) is 0 Å². The van der Waals surface area contributed by atoms with Gasteiger partial charge >= 0.3 is 5.97 Å². The zero-order valence-electron chi connectivity index (χ0n) is 17.8. The van der Waals surface area contributed by atoms with Crippen LogP contribution in [0.1, 0.15) is 40.5 Å². The molecule has 4 rings (SSSR count). The van der Waals surface area contributed by atoms with Crippen molar-refractivity contribution < 1.29 is 19.0 Å². The summed E-state index contributed by atoms with van der Waals surface area (Å²) in [6, 6.07) is 26.6. The summed E-state index contributed by atoms with van der Waals surface area (Å²) in [4.78, 5) is 12.2. The van der Waals surface area contributed by atoms with Crippen molar-refractivity contribution in [2.24, 2.45) is 0 Å². The number of carbonyl (C=O) groups is 1. The molecular formula is C27H26O4. The number of carbonyl (C=O) groups excluding carboxylic acids is 1. The molecule has 1 fully saturated rings. The van der Waals surface area contributed by atoms with Gasteiger partial charge in [0.1, 0.15) is 17.9 Å². The topological polar surface area (TPSA) is 44.8 Å². The summed E-state index contributed by atoms with van der Waals surface area (Å²) >= 11 is 0. The minimum atomic E-state index is -0.447. The Bertz CT molecular complexity index is 1070. The average molecular weight is 415 g/mol. The molecule has 0 bridgehead atoms. The van der Waals surface area contributed by atoms with Gasteiger partial charge in [0, 0.05) is 0 Å². The zero-order valence-corrected chi connectivity index (χ0v) is 17.8. The molecule has 31 heavy (non-hydrogen) atoms. The predicted octanol–water partition coefficient (Wildman–Crippen LogP) is 5.70. The second-order valence-electron chi connectivity index (χ2n) is 7.64. The first-order valence-electron chi connectivity index (χ1n) is 10.4. The lowest BCUT2D eigenvalue weighted by Crippen LogP contribution is -2.08. The normalized spacial score (nSPS) is 17.7. The lowest BCUT2D eigenvalue weighted by molar-refractivity contribution is -0.133.